The lowest BCUT2D eigenvalue weighted by Crippen LogP contribution is -2.33. The zero-order valence-electron chi connectivity index (χ0n) is 12.1. The molecule has 1 aliphatic rings. The summed E-state index contributed by atoms with van der Waals surface area (Å²) in [6.45, 7) is 7.46. The Morgan fingerprint density at radius 2 is 2.20 bits per heavy atom. The molecule has 1 fully saturated rings. The Kier molecular flexibility index (Phi) is 5.60. The zero-order valence-corrected chi connectivity index (χ0v) is 13.7. The minimum Gasteiger partial charge on any atom is -0.334 e. The molecule has 6 nitrogen and oxygen atoms in total. The van der Waals surface area contributed by atoms with Gasteiger partial charge in [0.05, 0.1) is 0 Å². The van der Waals surface area contributed by atoms with Crippen LogP contribution in [0, 0.1) is 12.8 Å². The number of aromatic nitrogens is 2. The molecule has 0 spiro atoms. The maximum absolute atomic E-state index is 12.5. The van der Waals surface area contributed by atoms with Gasteiger partial charge in [0.25, 0.3) is 10.0 Å². The predicted octanol–water partition coefficient (Wildman–Crippen LogP) is 0.991. The van der Waals surface area contributed by atoms with E-state index in [4.69, 9.17) is 5.73 Å². The van der Waals surface area contributed by atoms with E-state index in [-0.39, 0.29) is 29.4 Å². The van der Waals surface area contributed by atoms with Crippen molar-refractivity contribution in [1.29, 1.82) is 0 Å². The van der Waals surface area contributed by atoms with Crippen LogP contribution in [0.1, 0.15) is 26.1 Å². The summed E-state index contributed by atoms with van der Waals surface area (Å²) in [5.74, 6) is 0.966. The van der Waals surface area contributed by atoms with Crippen LogP contribution in [0.15, 0.2) is 11.2 Å². The molecule has 1 aromatic rings. The van der Waals surface area contributed by atoms with Gasteiger partial charge >= 0.3 is 0 Å². The lowest BCUT2D eigenvalue weighted by molar-refractivity contribution is 0.427. The van der Waals surface area contributed by atoms with E-state index >= 15 is 0 Å². The largest absolute Gasteiger partial charge is 0.334 e. The van der Waals surface area contributed by atoms with E-state index in [0.29, 0.717) is 13.1 Å². The molecule has 8 heteroatoms. The maximum Gasteiger partial charge on any atom is 0.262 e. The van der Waals surface area contributed by atoms with Gasteiger partial charge in [-0.3, -0.25) is 0 Å². The third-order valence-corrected chi connectivity index (χ3v) is 5.57. The Balaban J connectivity index is 0.00000200. The summed E-state index contributed by atoms with van der Waals surface area (Å²) in [7, 11) is -3.47. The third kappa shape index (κ3) is 3.16. The van der Waals surface area contributed by atoms with Gasteiger partial charge in [-0.1, -0.05) is 0 Å². The Morgan fingerprint density at radius 1 is 1.55 bits per heavy atom. The second-order valence-electron chi connectivity index (χ2n) is 5.18. The molecule has 0 amide bonds. The van der Waals surface area contributed by atoms with E-state index < -0.39 is 10.0 Å². The monoisotopic (exact) mass is 322 g/mol. The predicted molar refractivity (Wildman–Crippen MR) is 80.4 cm³/mol. The van der Waals surface area contributed by atoms with Crippen LogP contribution in [0.3, 0.4) is 0 Å². The van der Waals surface area contributed by atoms with Crippen molar-refractivity contribution in [3.05, 3.63) is 12.0 Å². The first-order chi connectivity index (χ1) is 8.86. The second kappa shape index (κ2) is 6.43. The Bertz CT molecular complexity index is 556. The lowest BCUT2D eigenvalue weighted by atomic mass is 10.0. The van der Waals surface area contributed by atoms with E-state index in [1.54, 1.807) is 6.20 Å². The molecule has 2 rings (SSSR count). The molecule has 0 aliphatic carbocycles. The number of hydrogen-bond acceptors (Lipinski definition) is 4. The lowest BCUT2D eigenvalue weighted by Gasteiger charge is -2.16. The van der Waals surface area contributed by atoms with Crippen molar-refractivity contribution in [2.45, 2.75) is 44.8 Å². The van der Waals surface area contributed by atoms with E-state index in [1.807, 2.05) is 25.3 Å². The first-order valence-corrected chi connectivity index (χ1v) is 8.09. The fraction of sp³-hybridized carbons (Fsp3) is 0.750. The third-order valence-electron chi connectivity index (χ3n) is 3.83. The van der Waals surface area contributed by atoms with Crippen molar-refractivity contribution in [3.8, 4) is 0 Å². The van der Waals surface area contributed by atoms with Gasteiger partial charge in [0.2, 0.25) is 0 Å². The molecule has 0 radical (unpaired) electrons. The van der Waals surface area contributed by atoms with Crippen LogP contribution in [0.25, 0.3) is 0 Å². The van der Waals surface area contributed by atoms with Crippen molar-refractivity contribution in [1.82, 2.24) is 13.9 Å². The van der Waals surface area contributed by atoms with Gasteiger partial charge in [-0.2, -0.15) is 4.31 Å². The minimum atomic E-state index is -3.47. The van der Waals surface area contributed by atoms with Gasteiger partial charge in [-0.15, -0.1) is 12.4 Å². The molecule has 1 aliphatic heterocycles. The zero-order chi connectivity index (χ0) is 14.2. The molecular weight excluding hydrogens is 300 g/mol. The summed E-state index contributed by atoms with van der Waals surface area (Å²) in [5.41, 5.74) is 5.85. The molecule has 2 heterocycles. The highest BCUT2D eigenvalue weighted by Gasteiger charge is 2.35. The number of aryl methyl sites for hydroxylation is 2. The van der Waals surface area contributed by atoms with Crippen molar-refractivity contribution in [2.75, 3.05) is 13.1 Å². The summed E-state index contributed by atoms with van der Waals surface area (Å²) in [6.07, 6.45) is 2.44. The summed E-state index contributed by atoms with van der Waals surface area (Å²) < 4.78 is 28.3. The highest BCUT2D eigenvalue weighted by atomic mass is 35.5. The smallest absolute Gasteiger partial charge is 0.262 e. The first-order valence-electron chi connectivity index (χ1n) is 6.65. The van der Waals surface area contributed by atoms with Crippen molar-refractivity contribution < 1.29 is 8.42 Å². The molecule has 116 valence electrons. The Labute approximate surface area is 126 Å². The number of sulfonamides is 1. The molecule has 2 atom stereocenters. The summed E-state index contributed by atoms with van der Waals surface area (Å²) in [5, 5.41) is 0.150. The highest BCUT2D eigenvalue weighted by molar-refractivity contribution is 7.89. The number of nitrogens with zero attached hydrogens (tertiary/aromatic N) is 3. The van der Waals surface area contributed by atoms with Gasteiger partial charge in [-0.25, -0.2) is 13.4 Å². The molecule has 2 N–H and O–H groups in total. The van der Waals surface area contributed by atoms with Gasteiger partial charge in [0.1, 0.15) is 5.82 Å². The van der Waals surface area contributed by atoms with E-state index in [0.717, 1.165) is 18.8 Å². The molecule has 20 heavy (non-hydrogen) atoms. The van der Waals surface area contributed by atoms with Gasteiger partial charge in [0, 0.05) is 31.9 Å². The average Bonchev–Trinajstić information content (AvgIpc) is 2.95. The second-order valence-corrected chi connectivity index (χ2v) is 7.07. The van der Waals surface area contributed by atoms with Gasteiger partial charge in [-0.05, 0) is 33.1 Å². The van der Waals surface area contributed by atoms with Crippen molar-refractivity contribution in [3.63, 3.8) is 0 Å². The first kappa shape index (κ1) is 17.4. The summed E-state index contributed by atoms with van der Waals surface area (Å²) in [6, 6.07) is 0.0233. The number of halogens is 1. The van der Waals surface area contributed by atoms with Crippen LogP contribution < -0.4 is 5.73 Å². The molecule has 1 saturated heterocycles. The summed E-state index contributed by atoms with van der Waals surface area (Å²) >= 11 is 0. The van der Waals surface area contributed by atoms with E-state index in [1.165, 1.54) is 4.31 Å². The normalized spacial score (nSPS) is 21.7. The topological polar surface area (TPSA) is 81.2 Å². The van der Waals surface area contributed by atoms with Crippen LogP contribution in [-0.4, -0.2) is 41.4 Å². The Morgan fingerprint density at radius 3 is 2.65 bits per heavy atom. The SMILES string of the molecule is CCn1cc(S(=O)(=O)N2CCC(C(C)N)C2)nc1C.Cl. The molecule has 1 aromatic heterocycles. The summed E-state index contributed by atoms with van der Waals surface area (Å²) in [4.78, 5) is 4.17. The van der Waals surface area contributed by atoms with Crippen LogP contribution in [0.4, 0.5) is 0 Å². The van der Waals surface area contributed by atoms with Crippen LogP contribution in [0.2, 0.25) is 0 Å². The van der Waals surface area contributed by atoms with Crippen molar-refractivity contribution >= 4 is 22.4 Å². The number of nitrogens with two attached hydrogens (primary N) is 1. The quantitative estimate of drug-likeness (QED) is 0.896. The van der Waals surface area contributed by atoms with Crippen LogP contribution >= 0.6 is 12.4 Å². The average molecular weight is 323 g/mol. The maximum atomic E-state index is 12.5. The fourth-order valence-electron chi connectivity index (χ4n) is 2.46. The molecule has 2 unspecified atom stereocenters. The standard InChI is InChI=1S/C12H22N4O2S.ClH/c1-4-15-8-12(14-10(15)3)19(17,18)16-6-5-11(7-16)9(2)13;/h8-9,11H,4-7,13H2,1-3H3;1H. The van der Waals surface area contributed by atoms with E-state index in [9.17, 15) is 8.42 Å². The molecular formula is C12H23ClN4O2S. The van der Waals surface area contributed by atoms with E-state index in [2.05, 4.69) is 4.98 Å². The van der Waals surface area contributed by atoms with Crippen LogP contribution in [0.5, 0.6) is 0 Å². The number of rotatable bonds is 4. The fourth-order valence-corrected chi connectivity index (χ4v) is 3.96. The number of imidazole rings is 1. The molecule has 0 saturated carbocycles. The highest BCUT2D eigenvalue weighted by Crippen LogP contribution is 2.25. The Hall–Kier alpha value is -0.630. The van der Waals surface area contributed by atoms with Gasteiger partial charge in [0.15, 0.2) is 5.03 Å². The minimum absolute atomic E-state index is 0. The van der Waals surface area contributed by atoms with Crippen LogP contribution in [-0.2, 0) is 16.6 Å². The van der Waals surface area contributed by atoms with Gasteiger partial charge < -0.3 is 10.3 Å². The number of hydrogen-bond donors (Lipinski definition) is 1. The van der Waals surface area contributed by atoms with Crippen molar-refractivity contribution in [2.24, 2.45) is 11.7 Å². The molecule has 0 bridgehead atoms. The molecule has 0 aromatic carbocycles.